The topological polar surface area (TPSA) is 50.5 Å². The summed E-state index contributed by atoms with van der Waals surface area (Å²) in [6, 6.07) is 11.5. The molecule has 0 unspecified atom stereocenters. The summed E-state index contributed by atoms with van der Waals surface area (Å²) in [7, 11) is 0. The van der Waals surface area contributed by atoms with Gasteiger partial charge in [-0.2, -0.15) is 13.2 Å². The third kappa shape index (κ3) is 5.58. The molecule has 2 heterocycles. The van der Waals surface area contributed by atoms with Gasteiger partial charge in [0.25, 0.3) is 0 Å². The number of allylic oxidation sites excluding steroid dienone is 1. The van der Waals surface area contributed by atoms with E-state index in [1.165, 1.54) is 10.6 Å². The number of carbonyl (C=O) groups is 1. The molecule has 37 heavy (non-hydrogen) atoms. The number of aromatic nitrogens is 2. The van der Waals surface area contributed by atoms with Crippen LogP contribution < -0.4 is 10.6 Å². The number of imidazole rings is 1. The number of hydrogen-bond donors (Lipinski definition) is 0. The van der Waals surface area contributed by atoms with Crippen LogP contribution in [0.5, 0.6) is 0 Å². The van der Waals surface area contributed by atoms with Gasteiger partial charge in [-0.15, -0.1) is 0 Å². The molecule has 1 aromatic heterocycles. The van der Waals surface area contributed by atoms with Crippen LogP contribution in [0.4, 0.5) is 18.9 Å². The summed E-state index contributed by atoms with van der Waals surface area (Å²) in [6.45, 7) is 6.97. The van der Waals surface area contributed by atoms with Crippen LogP contribution in [0.2, 0.25) is 10.0 Å². The van der Waals surface area contributed by atoms with Gasteiger partial charge in [-0.1, -0.05) is 48.8 Å². The average Bonchev–Trinajstić information content (AvgIpc) is 3.15. The molecule has 11 heteroatoms. The molecule has 2 aromatic carbocycles. The molecule has 0 N–H and O–H groups in total. The number of para-hydroxylation sites is 2. The molecule has 0 bridgehead atoms. The van der Waals surface area contributed by atoms with E-state index in [2.05, 4.69) is 11.5 Å². The Balaban J connectivity index is 1.48. The maximum atomic E-state index is 13.4. The fourth-order valence-electron chi connectivity index (χ4n) is 4.82. The van der Waals surface area contributed by atoms with Gasteiger partial charge in [-0.25, -0.2) is 4.79 Å². The van der Waals surface area contributed by atoms with E-state index in [4.69, 9.17) is 23.2 Å². The molecule has 198 valence electrons. The highest BCUT2D eigenvalue weighted by Crippen LogP contribution is 2.32. The largest absolute Gasteiger partial charge is 0.431 e. The maximum Gasteiger partial charge on any atom is 0.431 e. The van der Waals surface area contributed by atoms with Crippen molar-refractivity contribution in [3.8, 4) is 0 Å². The summed E-state index contributed by atoms with van der Waals surface area (Å²) in [5, 5.41) is 0.794. The molecule has 1 amide bonds. The van der Waals surface area contributed by atoms with Gasteiger partial charge < -0.3 is 9.80 Å². The van der Waals surface area contributed by atoms with Crippen LogP contribution in [0, 0.1) is 0 Å². The Bertz CT molecular complexity index is 1370. The van der Waals surface area contributed by atoms with Crippen molar-refractivity contribution in [1.29, 1.82) is 0 Å². The molecule has 1 aliphatic rings. The summed E-state index contributed by atoms with van der Waals surface area (Å²) in [4.78, 5) is 29.7. The third-order valence-electron chi connectivity index (χ3n) is 6.75. The maximum absolute atomic E-state index is 13.4. The second-order valence-electron chi connectivity index (χ2n) is 8.99. The number of carbonyl (C=O) groups excluding carboxylic acids is 1. The van der Waals surface area contributed by atoms with Gasteiger partial charge in [0.15, 0.2) is 0 Å². The lowest BCUT2D eigenvalue weighted by Crippen LogP contribution is -2.48. The molecule has 0 radical (unpaired) electrons. The number of amides is 1. The molecule has 0 saturated carbocycles. The number of likely N-dealkylation sites (tertiary alicyclic amines) is 1. The van der Waals surface area contributed by atoms with Crippen LogP contribution in [0.25, 0.3) is 16.7 Å². The minimum absolute atomic E-state index is 0.0129. The summed E-state index contributed by atoms with van der Waals surface area (Å²) in [5.74, 6) is -0.0129. The standard InChI is InChI=1S/C26H27Cl2F3N4O2/c1-3-24(36)35(19-8-9-20(27)21(28)16-19)18-10-12-32(13-11-18)14-15-33-22-6-4-5-7-23(22)34(25(33)37)17(2)26(29,30)31/h4-9,16,18H,2-3,10-15H2,1H3. The zero-order valence-corrected chi connectivity index (χ0v) is 21.8. The van der Waals surface area contributed by atoms with Crippen molar-refractivity contribution in [2.75, 3.05) is 24.5 Å². The van der Waals surface area contributed by atoms with Crippen LogP contribution >= 0.6 is 23.2 Å². The molecule has 1 aliphatic heterocycles. The lowest BCUT2D eigenvalue weighted by atomic mass is 10.0. The van der Waals surface area contributed by atoms with E-state index in [9.17, 15) is 22.8 Å². The van der Waals surface area contributed by atoms with Crippen molar-refractivity contribution < 1.29 is 18.0 Å². The van der Waals surface area contributed by atoms with E-state index >= 15 is 0 Å². The number of piperidine rings is 1. The number of hydrogen-bond acceptors (Lipinski definition) is 3. The number of alkyl halides is 3. The Morgan fingerprint density at radius 3 is 2.30 bits per heavy atom. The lowest BCUT2D eigenvalue weighted by molar-refractivity contribution is -0.119. The number of fused-ring (bicyclic) bond motifs is 1. The Morgan fingerprint density at radius 2 is 1.70 bits per heavy atom. The first-order valence-corrected chi connectivity index (χ1v) is 12.7. The van der Waals surface area contributed by atoms with E-state index in [0.717, 1.165) is 0 Å². The van der Waals surface area contributed by atoms with E-state index in [1.54, 1.807) is 41.3 Å². The Kier molecular flexibility index (Phi) is 8.06. The predicted molar refractivity (Wildman–Crippen MR) is 141 cm³/mol. The van der Waals surface area contributed by atoms with E-state index in [0.29, 0.717) is 64.7 Å². The zero-order valence-electron chi connectivity index (χ0n) is 20.3. The van der Waals surface area contributed by atoms with Crippen molar-refractivity contribution in [3.05, 3.63) is 69.6 Å². The predicted octanol–water partition coefficient (Wildman–Crippen LogP) is 6.05. The van der Waals surface area contributed by atoms with Crippen molar-refractivity contribution in [2.45, 2.75) is 44.9 Å². The molecule has 6 nitrogen and oxygen atoms in total. The van der Waals surface area contributed by atoms with Crippen molar-refractivity contribution in [2.24, 2.45) is 0 Å². The summed E-state index contributed by atoms with van der Waals surface area (Å²) >= 11 is 12.2. The van der Waals surface area contributed by atoms with E-state index < -0.39 is 17.6 Å². The summed E-state index contributed by atoms with van der Waals surface area (Å²) in [5.41, 5.74) is -0.686. The van der Waals surface area contributed by atoms with Crippen LogP contribution in [0.15, 0.2) is 53.8 Å². The van der Waals surface area contributed by atoms with E-state index in [-0.39, 0.29) is 24.0 Å². The third-order valence-corrected chi connectivity index (χ3v) is 7.49. The lowest BCUT2D eigenvalue weighted by Gasteiger charge is -2.38. The van der Waals surface area contributed by atoms with Gasteiger partial charge >= 0.3 is 11.9 Å². The number of benzene rings is 2. The second-order valence-corrected chi connectivity index (χ2v) is 9.81. The number of nitrogens with zero attached hydrogens (tertiary/aromatic N) is 4. The Labute approximate surface area is 222 Å². The SMILES string of the molecule is C=C(n1c(=O)n(CCN2CCC(N(C(=O)CC)c3ccc(Cl)c(Cl)c3)CC2)c2ccccc21)C(F)(F)F. The highest BCUT2D eigenvalue weighted by molar-refractivity contribution is 6.42. The summed E-state index contributed by atoms with van der Waals surface area (Å²) in [6.07, 6.45) is -2.98. The number of rotatable bonds is 7. The first-order valence-electron chi connectivity index (χ1n) is 12.0. The van der Waals surface area contributed by atoms with Gasteiger partial charge in [0.05, 0.1) is 21.1 Å². The highest BCUT2D eigenvalue weighted by Gasteiger charge is 2.36. The van der Waals surface area contributed by atoms with Crippen molar-refractivity contribution in [1.82, 2.24) is 14.0 Å². The molecule has 4 rings (SSSR count). The van der Waals surface area contributed by atoms with E-state index in [1.807, 2.05) is 6.92 Å². The molecule has 1 fully saturated rings. The van der Waals surface area contributed by atoms with Crippen molar-refractivity contribution in [3.63, 3.8) is 0 Å². The first-order chi connectivity index (χ1) is 17.5. The fraction of sp³-hybridized carbons (Fsp3) is 0.385. The van der Waals surface area contributed by atoms with Crippen LogP contribution in [-0.2, 0) is 11.3 Å². The average molecular weight is 555 g/mol. The summed E-state index contributed by atoms with van der Waals surface area (Å²) < 4.78 is 42.1. The molecule has 0 spiro atoms. The van der Waals surface area contributed by atoms with Crippen LogP contribution in [0.1, 0.15) is 26.2 Å². The Hall–Kier alpha value is -2.75. The number of anilines is 1. The smallest absolute Gasteiger partial charge is 0.309 e. The number of halogens is 5. The minimum Gasteiger partial charge on any atom is -0.309 e. The first kappa shape index (κ1) is 27.3. The van der Waals surface area contributed by atoms with Gasteiger partial charge in [-0.3, -0.25) is 13.9 Å². The van der Waals surface area contributed by atoms with Crippen LogP contribution in [-0.4, -0.2) is 51.8 Å². The monoisotopic (exact) mass is 554 g/mol. The normalized spacial score (nSPS) is 15.3. The molecule has 0 atom stereocenters. The minimum atomic E-state index is -4.73. The quantitative estimate of drug-likeness (QED) is 0.357. The molecular formula is C26H27Cl2F3N4O2. The second kappa shape index (κ2) is 10.9. The highest BCUT2D eigenvalue weighted by atomic mass is 35.5. The van der Waals surface area contributed by atoms with Gasteiger partial charge in [-0.05, 0) is 43.2 Å². The zero-order chi connectivity index (χ0) is 26.9. The molecular weight excluding hydrogens is 528 g/mol. The molecule has 3 aromatic rings. The molecule has 0 aliphatic carbocycles. The van der Waals surface area contributed by atoms with Crippen LogP contribution in [0.3, 0.4) is 0 Å². The fourth-order valence-corrected chi connectivity index (χ4v) is 5.11. The van der Waals surface area contributed by atoms with Gasteiger partial charge in [0.2, 0.25) is 5.91 Å². The van der Waals surface area contributed by atoms with Gasteiger partial charge in [0, 0.05) is 44.3 Å². The van der Waals surface area contributed by atoms with Crippen molar-refractivity contribution >= 4 is 51.5 Å². The van der Waals surface area contributed by atoms with Gasteiger partial charge in [0.1, 0.15) is 5.70 Å². The Morgan fingerprint density at radius 1 is 1.05 bits per heavy atom. The molecule has 1 saturated heterocycles.